The highest BCUT2D eigenvalue weighted by molar-refractivity contribution is 6.36. The molecule has 0 radical (unpaired) electrons. The van der Waals surface area contributed by atoms with E-state index in [0.29, 0.717) is 34.7 Å². The number of aryl methyl sites for hydroxylation is 2. The highest BCUT2D eigenvalue weighted by Gasteiger charge is 2.51. The lowest BCUT2D eigenvalue weighted by Crippen LogP contribution is -2.67. The van der Waals surface area contributed by atoms with E-state index in [0.717, 1.165) is 52.6 Å². The van der Waals surface area contributed by atoms with Crippen molar-refractivity contribution in [2.24, 2.45) is 14.1 Å². The van der Waals surface area contributed by atoms with Crippen LogP contribution in [0.4, 0.5) is 10.1 Å². The van der Waals surface area contributed by atoms with E-state index in [9.17, 15) is 19.2 Å². The maximum absolute atomic E-state index is 15.6. The van der Waals surface area contributed by atoms with E-state index in [4.69, 9.17) is 21.3 Å². The predicted molar refractivity (Wildman–Crippen MR) is 179 cm³/mol. The van der Waals surface area contributed by atoms with Gasteiger partial charge in [0.1, 0.15) is 11.4 Å². The van der Waals surface area contributed by atoms with E-state index in [2.05, 4.69) is 15.5 Å². The highest BCUT2D eigenvalue weighted by Crippen LogP contribution is 2.48. The second-order valence-corrected chi connectivity index (χ2v) is 13.3. The molecule has 7 rings (SSSR count). The Morgan fingerprint density at radius 1 is 1.12 bits per heavy atom. The molecule has 2 N–H and O–H groups in total. The molecule has 11 nitrogen and oxygen atoms in total. The van der Waals surface area contributed by atoms with Gasteiger partial charge in [-0.1, -0.05) is 29.8 Å². The van der Waals surface area contributed by atoms with Crippen LogP contribution in [0.3, 0.4) is 0 Å². The maximum atomic E-state index is 15.6. The maximum Gasteiger partial charge on any atom is 0.330 e. The molecule has 2 aromatic carbocycles. The van der Waals surface area contributed by atoms with Crippen molar-refractivity contribution in [3.63, 3.8) is 0 Å². The first kappa shape index (κ1) is 31.8. The lowest BCUT2D eigenvalue weighted by Gasteiger charge is -2.50. The zero-order valence-electron chi connectivity index (χ0n) is 26.9. The number of pyridine rings is 1. The quantitative estimate of drug-likeness (QED) is 0.315. The SMILES string of the molecule is COc1nc(-c2cccc(-c3c(F)ccc(NC(=O)c4cn(C)c(=O)n(C)c4=O)c3C)c2Cl)cc2c1C(N1CC3(CCC(=O)N3)C1)CC2. The van der Waals surface area contributed by atoms with Crippen molar-refractivity contribution in [1.82, 2.24) is 24.3 Å². The number of hydrogen-bond acceptors (Lipinski definition) is 7. The van der Waals surface area contributed by atoms with Crippen LogP contribution in [0.25, 0.3) is 22.4 Å². The smallest absolute Gasteiger partial charge is 0.330 e. The van der Waals surface area contributed by atoms with E-state index in [1.165, 1.54) is 32.4 Å². The first-order valence-corrected chi connectivity index (χ1v) is 16.1. The van der Waals surface area contributed by atoms with E-state index in [-0.39, 0.29) is 39.3 Å². The van der Waals surface area contributed by atoms with Crippen molar-refractivity contribution in [2.75, 3.05) is 25.5 Å². The number of hydrogen-bond donors (Lipinski definition) is 2. The molecule has 2 aromatic heterocycles. The topological polar surface area (TPSA) is 128 Å². The number of methoxy groups -OCH3 is 1. The third-order valence-electron chi connectivity index (χ3n) is 9.91. The van der Waals surface area contributed by atoms with Gasteiger partial charge in [0, 0.05) is 73.8 Å². The fourth-order valence-electron chi connectivity index (χ4n) is 7.42. The number of nitrogens with zero attached hydrogens (tertiary/aromatic N) is 4. The van der Waals surface area contributed by atoms with Gasteiger partial charge in [-0.05, 0) is 55.5 Å². The minimum Gasteiger partial charge on any atom is -0.481 e. The molecule has 248 valence electrons. The fourth-order valence-corrected chi connectivity index (χ4v) is 7.74. The molecule has 4 aromatic rings. The van der Waals surface area contributed by atoms with Gasteiger partial charge in [-0.3, -0.25) is 23.9 Å². The second kappa shape index (κ2) is 11.7. The van der Waals surface area contributed by atoms with Crippen LogP contribution in [0.15, 0.2) is 52.2 Å². The van der Waals surface area contributed by atoms with Crippen LogP contribution in [0, 0.1) is 12.7 Å². The number of halogens is 2. The number of amides is 2. The Morgan fingerprint density at radius 3 is 2.58 bits per heavy atom. The van der Waals surface area contributed by atoms with E-state index >= 15 is 4.39 Å². The Hall–Kier alpha value is -4.81. The number of fused-ring (bicyclic) bond motifs is 1. The van der Waals surface area contributed by atoms with Gasteiger partial charge in [-0.15, -0.1) is 0 Å². The first-order chi connectivity index (χ1) is 22.9. The van der Waals surface area contributed by atoms with Crippen molar-refractivity contribution in [1.29, 1.82) is 0 Å². The molecule has 1 aliphatic carbocycles. The van der Waals surface area contributed by atoms with Gasteiger partial charge >= 0.3 is 5.69 Å². The summed E-state index contributed by atoms with van der Waals surface area (Å²) in [6, 6.07) is 10.1. The molecule has 1 unspecified atom stereocenters. The summed E-state index contributed by atoms with van der Waals surface area (Å²) in [4.78, 5) is 57.0. The Morgan fingerprint density at radius 2 is 1.88 bits per heavy atom. The molecule has 0 bridgehead atoms. The number of carbonyl (C=O) groups excluding carboxylic acids is 2. The lowest BCUT2D eigenvalue weighted by atomic mass is 9.86. The molecule has 2 saturated heterocycles. The third kappa shape index (κ3) is 5.10. The summed E-state index contributed by atoms with van der Waals surface area (Å²) < 4.78 is 23.4. The first-order valence-electron chi connectivity index (χ1n) is 15.7. The van der Waals surface area contributed by atoms with Crippen LogP contribution >= 0.6 is 11.6 Å². The van der Waals surface area contributed by atoms with Crippen molar-refractivity contribution < 1.29 is 18.7 Å². The van der Waals surface area contributed by atoms with Gasteiger partial charge in [-0.2, -0.15) is 0 Å². The Bertz CT molecular complexity index is 2150. The number of nitrogens with one attached hydrogen (secondary N) is 2. The zero-order chi connectivity index (χ0) is 34.1. The molecule has 2 aliphatic heterocycles. The van der Waals surface area contributed by atoms with Crippen LogP contribution in [0.2, 0.25) is 5.02 Å². The van der Waals surface area contributed by atoms with Crippen LogP contribution in [-0.4, -0.2) is 56.6 Å². The molecule has 13 heteroatoms. The zero-order valence-corrected chi connectivity index (χ0v) is 27.7. The second-order valence-electron chi connectivity index (χ2n) is 12.9. The summed E-state index contributed by atoms with van der Waals surface area (Å²) in [6.07, 6.45) is 4.34. The number of benzene rings is 2. The summed E-state index contributed by atoms with van der Waals surface area (Å²) in [5.41, 5.74) is 2.95. The number of carbonyl (C=O) groups is 2. The average molecular weight is 673 g/mol. The molecule has 2 amide bonds. The molecule has 0 saturated carbocycles. The minimum atomic E-state index is -0.744. The van der Waals surface area contributed by atoms with Crippen LogP contribution in [0.1, 0.15) is 52.4 Å². The Kier molecular flexibility index (Phi) is 7.75. The van der Waals surface area contributed by atoms with Gasteiger partial charge in [0.15, 0.2) is 0 Å². The van der Waals surface area contributed by atoms with Crippen molar-refractivity contribution in [2.45, 2.75) is 44.2 Å². The number of anilines is 1. The van der Waals surface area contributed by atoms with Gasteiger partial charge in [0.25, 0.3) is 11.5 Å². The predicted octanol–water partition coefficient (Wildman–Crippen LogP) is 4.13. The van der Waals surface area contributed by atoms with Crippen molar-refractivity contribution in [3.8, 4) is 28.3 Å². The summed E-state index contributed by atoms with van der Waals surface area (Å²) in [5, 5.41) is 6.13. The van der Waals surface area contributed by atoms with Gasteiger partial charge in [-0.25, -0.2) is 14.2 Å². The Labute approximate surface area is 280 Å². The molecule has 1 spiro atoms. The molecule has 48 heavy (non-hydrogen) atoms. The monoisotopic (exact) mass is 672 g/mol. The highest BCUT2D eigenvalue weighted by atomic mass is 35.5. The van der Waals surface area contributed by atoms with Gasteiger partial charge < -0.3 is 19.9 Å². The molecular weight excluding hydrogens is 639 g/mol. The van der Waals surface area contributed by atoms with Crippen LogP contribution in [0.5, 0.6) is 5.88 Å². The van der Waals surface area contributed by atoms with Gasteiger partial charge in [0.2, 0.25) is 11.8 Å². The van der Waals surface area contributed by atoms with Crippen molar-refractivity contribution in [3.05, 3.63) is 96.5 Å². The largest absolute Gasteiger partial charge is 0.481 e. The number of likely N-dealkylation sites (tertiary alicyclic amines) is 1. The molecule has 4 heterocycles. The summed E-state index contributed by atoms with van der Waals surface area (Å²) in [6.45, 7) is 3.26. The molecular formula is C35H34ClFN6O5. The van der Waals surface area contributed by atoms with Crippen LogP contribution < -0.4 is 26.6 Å². The summed E-state index contributed by atoms with van der Waals surface area (Å²) in [5.74, 6) is -0.652. The summed E-state index contributed by atoms with van der Waals surface area (Å²) in [7, 11) is 4.33. The number of ether oxygens (including phenoxy) is 1. The number of aromatic nitrogens is 3. The molecule has 1 atom stereocenters. The fraction of sp³-hybridized carbons (Fsp3) is 0.343. The van der Waals surface area contributed by atoms with Gasteiger partial charge in [0.05, 0.1) is 23.4 Å². The van der Waals surface area contributed by atoms with E-state index in [1.54, 1.807) is 26.2 Å². The normalized spacial score (nSPS) is 18.0. The van der Waals surface area contributed by atoms with Crippen molar-refractivity contribution >= 4 is 29.1 Å². The molecule has 2 fully saturated rings. The lowest BCUT2D eigenvalue weighted by molar-refractivity contribution is -0.121. The van der Waals surface area contributed by atoms with Crippen LogP contribution in [-0.2, 0) is 25.3 Å². The third-order valence-corrected chi connectivity index (χ3v) is 10.3. The summed E-state index contributed by atoms with van der Waals surface area (Å²) >= 11 is 7.03. The van der Waals surface area contributed by atoms with E-state index in [1.807, 2.05) is 12.1 Å². The minimum absolute atomic E-state index is 0.115. The number of rotatable bonds is 6. The molecule has 3 aliphatic rings. The standard InChI is InChI=1S/C35H34ClFN6O5/c1-18-24(38-31(45)22-15-41(2)34(47)42(3)33(22)46)10-9-23(37)28(18)21-7-5-6-20(30(21)36)25-14-19-8-11-26(29(19)32(39-25)48-4)43-16-35(17-43)13-12-27(44)40-35/h5-7,9-10,14-15,26H,8,11-13,16-17H2,1-4H3,(H,38,45)(H,40,44). The van der Waals surface area contributed by atoms with E-state index < -0.39 is 23.0 Å². The average Bonchev–Trinajstić information content (AvgIpc) is 3.66. The Balaban J connectivity index is 1.21.